The van der Waals surface area contributed by atoms with Crippen LogP contribution in [0.1, 0.15) is 0 Å². The molecule has 0 spiro atoms. The zero-order valence-electron chi connectivity index (χ0n) is 14.9. The highest BCUT2D eigenvalue weighted by Crippen LogP contribution is 2.31. The maximum Gasteiger partial charge on any atom is 0.0441 e. The number of hydrogen-bond acceptors (Lipinski definition) is 3. The molecule has 0 unspecified atom stereocenters. The minimum atomic E-state index is 0.904. The molecular weight excluding hydrogens is 306 g/mol. The highest BCUT2D eigenvalue weighted by atomic mass is 15.1. The Hall–Kier alpha value is -2.78. The maximum atomic E-state index is 3.59. The zero-order chi connectivity index (χ0) is 17.5. The van der Waals surface area contributed by atoms with Crippen LogP contribution in [0.25, 0.3) is 11.1 Å². The van der Waals surface area contributed by atoms with Crippen molar-refractivity contribution in [2.45, 2.75) is 0 Å². The Morgan fingerprint density at radius 3 is 2.12 bits per heavy atom. The number of nitrogens with zero attached hydrogens (tertiary/aromatic N) is 1. The fourth-order valence-corrected chi connectivity index (χ4v) is 2.74. The van der Waals surface area contributed by atoms with Gasteiger partial charge in [-0.3, -0.25) is 0 Å². The summed E-state index contributed by atoms with van der Waals surface area (Å²) in [6.45, 7) is 1.90. The van der Waals surface area contributed by atoms with Gasteiger partial charge in [0.25, 0.3) is 0 Å². The molecule has 3 aromatic carbocycles. The minimum Gasteiger partial charge on any atom is -0.383 e. The van der Waals surface area contributed by atoms with Gasteiger partial charge in [0, 0.05) is 35.7 Å². The molecule has 128 valence electrons. The van der Waals surface area contributed by atoms with E-state index in [2.05, 4.69) is 84.2 Å². The Balaban J connectivity index is 1.87. The summed E-state index contributed by atoms with van der Waals surface area (Å²) in [6, 6.07) is 27.3. The molecule has 0 amide bonds. The van der Waals surface area contributed by atoms with E-state index in [1.54, 1.807) is 0 Å². The van der Waals surface area contributed by atoms with Gasteiger partial charge in [0.1, 0.15) is 0 Å². The van der Waals surface area contributed by atoms with Crippen molar-refractivity contribution in [2.75, 3.05) is 37.8 Å². The number of anilines is 3. The van der Waals surface area contributed by atoms with E-state index < -0.39 is 0 Å². The molecule has 0 saturated carbocycles. The first kappa shape index (κ1) is 17.1. The lowest BCUT2D eigenvalue weighted by molar-refractivity contribution is 0.425. The first-order valence-corrected chi connectivity index (χ1v) is 8.62. The fraction of sp³-hybridized carbons (Fsp3) is 0.182. The quantitative estimate of drug-likeness (QED) is 0.633. The second-order valence-corrected chi connectivity index (χ2v) is 6.35. The van der Waals surface area contributed by atoms with Crippen LogP contribution in [0.3, 0.4) is 0 Å². The molecule has 2 N–H and O–H groups in total. The first-order chi connectivity index (χ1) is 12.2. The number of likely N-dealkylation sites (N-methyl/N-ethyl adjacent to an activating group) is 1. The third-order valence-corrected chi connectivity index (χ3v) is 4.04. The number of para-hydroxylation sites is 1. The molecule has 0 fully saturated rings. The largest absolute Gasteiger partial charge is 0.383 e. The second-order valence-electron chi connectivity index (χ2n) is 6.35. The third-order valence-electron chi connectivity index (χ3n) is 4.04. The van der Waals surface area contributed by atoms with Crippen molar-refractivity contribution in [3.8, 4) is 11.1 Å². The smallest absolute Gasteiger partial charge is 0.0441 e. The Kier molecular flexibility index (Phi) is 5.70. The molecule has 25 heavy (non-hydrogen) atoms. The van der Waals surface area contributed by atoms with Crippen molar-refractivity contribution in [2.24, 2.45) is 0 Å². The maximum absolute atomic E-state index is 3.59. The van der Waals surface area contributed by atoms with Crippen LogP contribution in [0, 0.1) is 0 Å². The highest BCUT2D eigenvalue weighted by Gasteiger charge is 2.07. The van der Waals surface area contributed by atoms with Crippen molar-refractivity contribution in [1.29, 1.82) is 0 Å². The van der Waals surface area contributed by atoms with Gasteiger partial charge in [-0.05, 0) is 43.9 Å². The van der Waals surface area contributed by atoms with Crippen molar-refractivity contribution in [3.63, 3.8) is 0 Å². The SMILES string of the molecule is CN(C)CCNc1cc(Nc2ccccc2)ccc1-c1ccccc1. The lowest BCUT2D eigenvalue weighted by atomic mass is 10.0. The summed E-state index contributed by atoms with van der Waals surface area (Å²) in [5.41, 5.74) is 5.76. The van der Waals surface area contributed by atoms with Crippen LogP contribution >= 0.6 is 0 Å². The van der Waals surface area contributed by atoms with E-state index in [1.807, 2.05) is 24.3 Å². The molecule has 0 aliphatic rings. The summed E-state index contributed by atoms with van der Waals surface area (Å²) in [4.78, 5) is 2.18. The molecule has 3 aromatic rings. The Morgan fingerprint density at radius 2 is 1.44 bits per heavy atom. The van der Waals surface area contributed by atoms with E-state index in [0.29, 0.717) is 0 Å². The van der Waals surface area contributed by atoms with Crippen LogP contribution in [0.4, 0.5) is 17.1 Å². The molecule has 0 heterocycles. The molecule has 0 aliphatic carbocycles. The van der Waals surface area contributed by atoms with Crippen LogP contribution in [-0.4, -0.2) is 32.1 Å². The summed E-state index contributed by atoms with van der Waals surface area (Å²) < 4.78 is 0. The van der Waals surface area contributed by atoms with Gasteiger partial charge in [0.15, 0.2) is 0 Å². The summed E-state index contributed by atoms with van der Waals surface area (Å²) in [5.74, 6) is 0. The number of rotatable bonds is 7. The monoisotopic (exact) mass is 331 g/mol. The van der Waals surface area contributed by atoms with Gasteiger partial charge < -0.3 is 15.5 Å². The highest BCUT2D eigenvalue weighted by molar-refractivity contribution is 5.81. The zero-order valence-corrected chi connectivity index (χ0v) is 14.9. The standard InChI is InChI=1S/C22H25N3/c1-25(2)16-15-23-22-17-20(24-19-11-7-4-8-12-19)13-14-21(22)18-9-5-3-6-10-18/h3-14,17,23-24H,15-16H2,1-2H3. The average molecular weight is 331 g/mol. The molecule has 0 radical (unpaired) electrons. The predicted molar refractivity (Wildman–Crippen MR) is 109 cm³/mol. The van der Waals surface area contributed by atoms with Gasteiger partial charge in [0.05, 0.1) is 0 Å². The molecule has 3 rings (SSSR count). The first-order valence-electron chi connectivity index (χ1n) is 8.62. The lowest BCUT2D eigenvalue weighted by Crippen LogP contribution is -2.21. The van der Waals surface area contributed by atoms with Crippen LogP contribution in [0.5, 0.6) is 0 Å². The van der Waals surface area contributed by atoms with E-state index in [9.17, 15) is 0 Å². The van der Waals surface area contributed by atoms with E-state index in [0.717, 1.165) is 30.2 Å². The van der Waals surface area contributed by atoms with Crippen molar-refractivity contribution >= 4 is 17.1 Å². The Morgan fingerprint density at radius 1 is 0.760 bits per heavy atom. The van der Waals surface area contributed by atoms with Crippen molar-refractivity contribution in [3.05, 3.63) is 78.9 Å². The van der Waals surface area contributed by atoms with E-state index in [4.69, 9.17) is 0 Å². The van der Waals surface area contributed by atoms with Crippen LogP contribution in [-0.2, 0) is 0 Å². The lowest BCUT2D eigenvalue weighted by Gasteiger charge is -2.17. The third kappa shape index (κ3) is 4.85. The Labute approximate surface area is 150 Å². The summed E-state index contributed by atoms with van der Waals surface area (Å²) in [6.07, 6.45) is 0. The normalized spacial score (nSPS) is 10.7. The molecule has 0 aliphatic heterocycles. The topological polar surface area (TPSA) is 27.3 Å². The molecule has 0 aromatic heterocycles. The van der Waals surface area contributed by atoms with Gasteiger partial charge in [0.2, 0.25) is 0 Å². The van der Waals surface area contributed by atoms with Gasteiger partial charge in [-0.2, -0.15) is 0 Å². The van der Waals surface area contributed by atoms with Crippen molar-refractivity contribution in [1.82, 2.24) is 4.90 Å². The Bertz CT molecular complexity index is 783. The van der Waals surface area contributed by atoms with Crippen LogP contribution < -0.4 is 10.6 Å². The number of nitrogens with one attached hydrogen (secondary N) is 2. The van der Waals surface area contributed by atoms with Gasteiger partial charge in [-0.25, -0.2) is 0 Å². The van der Waals surface area contributed by atoms with Crippen molar-refractivity contribution < 1.29 is 0 Å². The summed E-state index contributed by atoms with van der Waals surface area (Å²) >= 11 is 0. The molecule has 3 heteroatoms. The van der Waals surface area contributed by atoms with E-state index in [-0.39, 0.29) is 0 Å². The summed E-state index contributed by atoms with van der Waals surface area (Å²) in [7, 11) is 4.18. The van der Waals surface area contributed by atoms with Crippen LogP contribution in [0.2, 0.25) is 0 Å². The molecule has 0 atom stereocenters. The van der Waals surface area contributed by atoms with Gasteiger partial charge in [-0.1, -0.05) is 54.6 Å². The van der Waals surface area contributed by atoms with E-state index >= 15 is 0 Å². The molecule has 0 bridgehead atoms. The number of hydrogen-bond donors (Lipinski definition) is 2. The van der Waals surface area contributed by atoms with E-state index in [1.165, 1.54) is 11.1 Å². The van der Waals surface area contributed by atoms with Crippen LogP contribution in [0.15, 0.2) is 78.9 Å². The molecule has 3 nitrogen and oxygen atoms in total. The predicted octanol–water partition coefficient (Wildman–Crippen LogP) is 5.07. The van der Waals surface area contributed by atoms with Gasteiger partial charge >= 0.3 is 0 Å². The fourth-order valence-electron chi connectivity index (χ4n) is 2.74. The molecular formula is C22H25N3. The molecule has 0 saturated heterocycles. The second kappa shape index (κ2) is 8.36. The summed E-state index contributed by atoms with van der Waals surface area (Å²) in [5, 5.41) is 7.06. The average Bonchev–Trinajstić information content (AvgIpc) is 2.63. The van der Waals surface area contributed by atoms with Gasteiger partial charge in [-0.15, -0.1) is 0 Å². The number of benzene rings is 3. The minimum absolute atomic E-state index is 0.904.